The molecule has 1 aromatic rings. The monoisotopic (exact) mass is 275 g/mol. The standard InChI is InChI=1S/C16H21NO3/c1-2-3-9-17-16(19)20-11-13-10-14(13)15(18)12-7-5-4-6-8-12/h4-8,13-14H,2-3,9-11H2,1H3,(H,17,19). The number of hydrogen-bond donors (Lipinski definition) is 1. The molecule has 20 heavy (non-hydrogen) atoms. The summed E-state index contributed by atoms with van der Waals surface area (Å²) in [6.45, 7) is 3.05. The predicted octanol–water partition coefficient (Wildman–Crippen LogP) is 3.03. The number of carbonyl (C=O) groups is 2. The van der Waals surface area contributed by atoms with E-state index < -0.39 is 0 Å². The van der Waals surface area contributed by atoms with Gasteiger partial charge in [0.05, 0.1) is 6.61 Å². The van der Waals surface area contributed by atoms with Crippen LogP contribution in [0.5, 0.6) is 0 Å². The number of unbranched alkanes of at least 4 members (excludes halogenated alkanes) is 1. The average Bonchev–Trinajstić information content (AvgIpc) is 3.25. The van der Waals surface area contributed by atoms with Crippen LogP contribution in [0.4, 0.5) is 4.79 Å². The third kappa shape index (κ3) is 4.08. The number of alkyl carbamates (subject to hydrolysis) is 1. The van der Waals surface area contributed by atoms with E-state index in [1.54, 1.807) is 0 Å². The summed E-state index contributed by atoms with van der Waals surface area (Å²) in [5.41, 5.74) is 0.743. The highest BCUT2D eigenvalue weighted by Crippen LogP contribution is 2.41. The summed E-state index contributed by atoms with van der Waals surface area (Å²) < 4.78 is 5.13. The van der Waals surface area contributed by atoms with E-state index in [4.69, 9.17) is 4.74 Å². The van der Waals surface area contributed by atoms with Crippen LogP contribution >= 0.6 is 0 Å². The van der Waals surface area contributed by atoms with Crippen LogP contribution in [0.3, 0.4) is 0 Å². The molecule has 4 heteroatoms. The van der Waals surface area contributed by atoms with Crippen LogP contribution < -0.4 is 5.32 Å². The molecule has 0 heterocycles. The van der Waals surface area contributed by atoms with Crippen LogP contribution in [0.15, 0.2) is 30.3 Å². The maximum absolute atomic E-state index is 12.1. The fourth-order valence-corrected chi connectivity index (χ4v) is 2.17. The normalized spacial score (nSPS) is 20.2. The van der Waals surface area contributed by atoms with Crippen LogP contribution in [0.25, 0.3) is 0 Å². The molecule has 1 fully saturated rings. The quantitative estimate of drug-likeness (QED) is 0.614. The fourth-order valence-electron chi connectivity index (χ4n) is 2.17. The van der Waals surface area contributed by atoms with Crippen LogP contribution in [-0.4, -0.2) is 25.0 Å². The van der Waals surface area contributed by atoms with Crippen LogP contribution in [0.1, 0.15) is 36.5 Å². The molecule has 0 bridgehead atoms. The lowest BCUT2D eigenvalue weighted by molar-refractivity contribution is 0.0943. The summed E-state index contributed by atoms with van der Waals surface area (Å²) >= 11 is 0. The van der Waals surface area contributed by atoms with E-state index in [-0.39, 0.29) is 23.7 Å². The molecule has 0 spiro atoms. The number of hydrogen-bond acceptors (Lipinski definition) is 3. The minimum absolute atomic E-state index is 0.0147. The van der Waals surface area contributed by atoms with Crippen molar-refractivity contribution >= 4 is 11.9 Å². The van der Waals surface area contributed by atoms with Crippen molar-refractivity contribution in [3.63, 3.8) is 0 Å². The van der Waals surface area contributed by atoms with E-state index >= 15 is 0 Å². The summed E-state index contributed by atoms with van der Waals surface area (Å²) in [4.78, 5) is 23.5. The molecule has 1 saturated carbocycles. The fraction of sp³-hybridized carbons (Fsp3) is 0.500. The van der Waals surface area contributed by atoms with Crippen molar-refractivity contribution in [2.24, 2.45) is 11.8 Å². The molecule has 1 N–H and O–H groups in total. The van der Waals surface area contributed by atoms with Crippen LogP contribution in [0.2, 0.25) is 0 Å². The van der Waals surface area contributed by atoms with E-state index in [9.17, 15) is 9.59 Å². The maximum Gasteiger partial charge on any atom is 0.407 e. The van der Waals surface area contributed by atoms with E-state index in [2.05, 4.69) is 12.2 Å². The van der Waals surface area contributed by atoms with E-state index in [1.807, 2.05) is 30.3 Å². The van der Waals surface area contributed by atoms with Gasteiger partial charge in [0.1, 0.15) is 0 Å². The molecule has 2 atom stereocenters. The SMILES string of the molecule is CCCCNC(=O)OCC1CC1C(=O)c1ccccc1. The lowest BCUT2D eigenvalue weighted by Gasteiger charge is -2.06. The highest BCUT2D eigenvalue weighted by atomic mass is 16.5. The molecule has 0 saturated heterocycles. The Bertz CT molecular complexity index is 458. The highest BCUT2D eigenvalue weighted by molar-refractivity contribution is 5.99. The van der Waals surface area contributed by atoms with Gasteiger partial charge in [-0.05, 0) is 12.8 Å². The van der Waals surface area contributed by atoms with Crippen LogP contribution in [-0.2, 0) is 4.74 Å². The van der Waals surface area contributed by atoms with E-state index in [1.165, 1.54) is 0 Å². The van der Waals surface area contributed by atoms with Crippen LogP contribution in [0, 0.1) is 11.8 Å². The molecule has 4 nitrogen and oxygen atoms in total. The Labute approximate surface area is 119 Å². The molecular weight excluding hydrogens is 254 g/mol. The Hall–Kier alpha value is -1.84. The van der Waals surface area contributed by atoms with Gasteiger partial charge in [-0.15, -0.1) is 0 Å². The summed E-state index contributed by atoms with van der Waals surface area (Å²) in [6, 6.07) is 9.28. The van der Waals surface area contributed by atoms with Gasteiger partial charge < -0.3 is 10.1 Å². The lowest BCUT2D eigenvalue weighted by Crippen LogP contribution is -2.26. The van der Waals surface area contributed by atoms with Crippen molar-refractivity contribution in [3.8, 4) is 0 Å². The van der Waals surface area contributed by atoms with Gasteiger partial charge in [-0.2, -0.15) is 0 Å². The smallest absolute Gasteiger partial charge is 0.407 e. The number of Topliss-reactive ketones (excluding diaryl/α,β-unsaturated/α-hetero) is 1. The zero-order valence-electron chi connectivity index (χ0n) is 11.8. The molecule has 2 rings (SSSR count). The zero-order chi connectivity index (χ0) is 14.4. The second-order valence-corrected chi connectivity index (χ2v) is 5.21. The molecule has 0 radical (unpaired) electrons. The van der Waals surface area contributed by atoms with Gasteiger partial charge in [0.2, 0.25) is 0 Å². The molecule has 1 aromatic carbocycles. The first-order chi connectivity index (χ1) is 9.72. The van der Waals surface area contributed by atoms with Crippen molar-refractivity contribution in [2.75, 3.05) is 13.2 Å². The molecule has 0 aliphatic heterocycles. The van der Waals surface area contributed by atoms with Crippen molar-refractivity contribution in [1.82, 2.24) is 5.32 Å². The van der Waals surface area contributed by atoms with Crippen molar-refractivity contribution < 1.29 is 14.3 Å². The van der Waals surface area contributed by atoms with E-state index in [0.29, 0.717) is 13.2 Å². The minimum atomic E-state index is -0.378. The Morgan fingerprint density at radius 2 is 2.05 bits per heavy atom. The minimum Gasteiger partial charge on any atom is -0.449 e. The average molecular weight is 275 g/mol. The van der Waals surface area contributed by atoms with Gasteiger partial charge in [-0.25, -0.2) is 4.79 Å². The summed E-state index contributed by atoms with van der Waals surface area (Å²) in [5.74, 6) is 0.353. The maximum atomic E-state index is 12.1. The topological polar surface area (TPSA) is 55.4 Å². The number of benzene rings is 1. The first-order valence-electron chi connectivity index (χ1n) is 7.22. The van der Waals surface area contributed by atoms with Gasteiger partial charge >= 0.3 is 6.09 Å². The third-order valence-corrected chi connectivity index (χ3v) is 3.55. The molecule has 1 aliphatic rings. The summed E-state index contributed by atoms with van der Waals surface area (Å²) in [7, 11) is 0. The second-order valence-electron chi connectivity index (χ2n) is 5.21. The Morgan fingerprint density at radius 1 is 1.30 bits per heavy atom. The molecule has 1 aliphatic carbocycles. The van der Waals surface area contributed by atoms with Crippen molar-refractivity contribution in [1.29, 1.82) is 0 Å². The van der Waals surface area contributed by atoms with Gasteiger partial charge in [0.15, 0.2) is 5.78 Å². The summed E-state index contributed by atoms with van der Waals surface area (Å²) in [6.07, 6.45) is 2.43. The number of nitrogens with one attached hydrogen (secondary N) is 1. The van der Waals surface area contributed by atoms with Gasteiger partial charge in [0, 0.05) is 23.9 Å². The second kappa shape index (κ2) is 7.08. The Kier molecular flexibility index (Phi) is 5.16. The third-order valence-electron chi connectivity index (χ3n) is 3.55. The van der Waals surface area contributed by atoms with E-state index in [0.717, 1.165) is 24.8 Å². The molecule has 1 amide bonds. The predicted molar refractivity (Wildman–Crippen MR) is 76.6 cm³/mol. The lowest BCUT2D eigenvalue weighted by atomic mass is 10.1. The van der Waals surface area contributed by atoms with Gasteiger partial charge in [-0.1, -0.05) is 43.7 Å². The Morgan fingerprint density at radius 3 is 2.75 bits per heavy atom. The zero-order valence-corrected chi connectivity index (χ0v) is 11.8. The van der Waals surface area contributed by atoms with Gasteiger partial charge in [0.25, 0.3) is 0 Å². The van der Waals surface area contributed by atoms with Gasteiger partial charge in [-0.3, -0.25) is 4.79 Å². The number of carbonyl (C=O) groups excluding carboxylic acids is 2. The first kappa shape index (κ1) is 14.6. The number of ketones is 1. The number of amides is 1. The van der Waals surface area contributed by atoms with Crippen molar-refractivity contribution in [3.05, 3.63) is 35.9 Å². The molecule has 2 unspecified atom stereocenters. The largest absolute Gasteiger partial charge is 0.449 e. The highest BCUT2D eigenvalue weighted by Gasteiger charge is 2.43. The number of rotatable bonds is 7. The molecule has 108 valence electrons. The van der Waals surface area contributed by atoms with Crippen molar-refractivity contribution in [2.45, 2.75) is 26.2 Å². The first-order valence-corrected chi connectivity index (χ1v) is 7.22. The molecule has 0 aromatic heterocycles. The number of ether oxygens (including phenoxy) is 1. The Balaban J connectivity index is 1.68. The summed E-state index contributed by atoms with van der Waals surface area (Å²) in [5, 5.41) is 2.70. The molecular formula is C16H21NO3.